The molecule has 1 rings (SSSR count). The van der Waals surface area contributed by atoms with Gasteiger partial charge in [-0.3, -0.25) is 0 Å². The summed E-state index contributed by atoms with van der Waals surface area (Å²) in [5.74, 6) is 1.14. The average Bonchev–Trinajstić information content (AvgIpc) is 2.49. The van der Waals surface area contributed by atoms with Gasteiger partial charge in [0, 0.05) is 13.1 Å². The van der Waals surface area contributed by atoms with E-state index in [1.807, 2.05) is 24.8 Å². The van der Waals surface area contributed by atoms with Gasteiger partial charge in [-0.05, 0) is 49.1 Å². The Hall–Kier alpha value is -0.560. The topological polar surface area (TPSA) is 58.2 Å². The van der Waals surface area contributed by atoms with Crippen molar-refractivity contribution < 1.29 is 8.42 Å². The molecule has 21 heavy (non-hydrogen) atoms. The Morgan fingerprint density at radius 1 is 1.19 bits per heavy atom. The third-order valence-electron chi connectivity index (χ3n) is 3.11. The fraction of sp³-hybridized carbons (Fsp3) is 0.600. The fourth-order valence-electron chi connectivity index (χ4n) is 1.93. The van der Waals surface area contributed by atoms with E-state index < -0.39 is 10.0 Å². The van der Waals surface area contributed by atoms with Crippen molar-refractivity contribution in [2.45, 2.75) is 37.6 Å². The van der Waals surface area contributed by atoms with Crippen LogP contribution in [-0.2, 0) is 16.6 Å². The van der Waals surface area contributed by atoms with Crippen LogP contribution in [0.25, 0.3) is 0 Å². The van der Waals surface area contributed by atoms with Crippen molar-refractivity contribution in [2.24, 2.45) is 0 Å². The predicted molar refractivity (Wildman–Crippen MR) is 91.2 cm³/mol. The smallest absolute Gasteiger partial charge is 0.240 e. The van der Waals surface area contributed by atoms with Gasteiger partial charge in [0.05, 0.1) is 4.90 Å². The molecule has 0 aliphatic carbocycles. The van der Waals surface area contributed by atoms with Gasteiger partial charge in [0.2, 0.25) is 10.0 Å². The first-order valence-electron chi connectivity index (χ1n) is 7.38. The number of unbranched alkanes of at least 4 members (excludes halogenated alkanes) is 2. The van der Waals surface area contributed by atoms with Gasteiger partial charge >= 0.3 is 0 Å². The highest BCUT2D eigenvalue weighted by Gasteiger charge is 2.13. The molecule has 1 aromatic rings. The molecule has 0 fully saturated rings. The number of sulfonamides is 1. The maximum Gasteiger partial charge on any atom is 0.240 e. The predicted octanol–water partition coefficient (Wildman–Crippen LogP) is 2.61. The fourth-order valence-corrected chi connectivity index (χ4v) is 3.57. The van der Waals surface area contributed by atoms with E-state index in [0.717, 1.165) is 37.1 Å². The Morgan fingerprint density at radius 3 is 2.71 bits per heavy atom. The van der Waals surface area contributed by atoms with Gasteiger partial charge in [-0.2, -0.15) is 11.8 Å². The van der Waals surface area contributed by atoms with E-state index in [1.54, 1.807) is 18.2 Å². The van der Waals surface area contributed by atoms with Crippen LogP contribution in [-0.4, -0.2) is 33.5 Å². The second-order valence-corrected chi connectivity index (χ2v) is 7.63. The van der Waals surface area contributed by atoms with Crippen molar-refractivity contribution in [3.8, 4) is 0 Å². The van der Waals surface area contributed by atoms with Crippen molar-refractivity contribution in [1.29, 1.82) is 0 Å². The lowest BCUT2D eigenvalue weighted by Crippen LogP contribution is -2.25. The molecule has 0 atom stereocenters. The van der Waals surface area contributed by atoms with Crippen molar-refractivity contribution in [3.05, 3.63) is 29.8 Å². The number of nitrogens with one attached hydrogen (secondary N) is 2. The van der Waals surface area contributed by atoms with Gasteiger partial charge < -0.3 is 5.32 Å². The second kappa shape index (κ2) is 10.2. The highest BCUT2D eigenvalue weighted by Crippen LogP contribution is 2.11. The zero-order valence-corrected chi connectivity index (χ0v) is 14.5. The highest BCUT2D eigenvalue weighted by atomic mass is 32.2. The van der Waals surface area contributed by atoms with Gasteiger partial charge in [0.25, 0.3) is 0 Å². The number of thioether (sulfide) groups is 1. The van der Waals surface area contributed by atoms with Crippen molar-refractivity contribution in [1.82, 2.24) is 10.0 Å². The van der Waals surface area contributed by atoms with Crippen LogP contribution in [0.4, 0.5) is 0 Å². The normalized spacial score (nSPS) is 11.7. The molecule has 1 aromatic carbocycles. The molecule has 0 unspecified atom stereocenters. The van der Waals surface area contributed by atoms with E-state index >= 15 is 0 Å². The number of hydrogen-bond donors (Lipinski definition) is 2. The van der Waals surface area contributed by atoms with Crippen LogP contribution in [0.2, 0.25) is 0 Å². The van der Waals surface area contributed by atoms with Crippen LogP contribution in [0.1, 0.15) is 31.7 Å². The lowest BCUT2D eigenvalue weighted by atomic mass is 10.2. The molecule has 0 heterocycles. The molecule has 0 aliphatic rings. The maximum absolute atomic E-state index is 12.2. The maximum atomic E-state index is 12.2. The van der Waals surface area contributed by atoms with Crippen LogP contribution >= 0.6 is 11.8 Å². The minimum absolute atomic E-state index is 0.349. The largest absolute Gasteiger partial charge is 0.313 e. The molecule has 0 amide bonds. The second-order valence-electron chi connectivity index (χ2n) is 4.88. The van der Waals surface area contributed by atoms with Crippen molar-refractivity contribution >= 4 is 21.8 Å². The Labute approximate surface area is 133 Å². The van der Waals surface area contributed by atoms with Gasteiger partial charge in [-0.25, -0.2) is 13.1 Å². The first kappa shape index (κ1) is 18.5. The minimum atomic E-state index is -3.38. The molecule has 0 saturated heterocycles. The molecule has 2 N–H and O–H groups in total. The monoisotopic (exact) mass is 330 g/mol. The van der Waals surface area contributed by atoms with Crippen LogP contribution in [0, 0.1) is 0 Å². The summed E-state index contributed by atoms with van der Waals surface area (Å²) in [7, 11) is -3.38. The first-order chi connectivity index (χ1) is 10.1. The molecule has 120 valence electrons. The molecule has 4 nitrogen and oxygen atoms in total. The Balaban J connectivity index is 2.49. The Morgan fingerprint density at radius 2 is 2.00 bits per heavy atom. The van der Waals surface area contributed by atoms with E-state index in [-0.39, 0.29) is 0 Å². The third-order valence-corrected chi connectivity index (χ3v) is 5.26. The highest BCUT2D eigenvalue weighted by molar-refractivity contribution is 7.98. The Bertz CT molecular complexity index is 504. The van der Waals surface area contributed by atoms with Crippen LogP contribution in [0.3, 0.4) is 0 Å². The van der Waals surface area contributed by atoms with Crippen LogP contribution < -0.4 is 10.0 Å². The molecule has 0 radical (unpaired) electrons. The number of benzene rings is 1. The molecular formula is C15H26N2O2S2. The van der Waals surface area contributed by atoms with E-state index in [9.17, 15) is 8.42 Å². The minimum Gasteiger partial charge on any atom is -0.313 e. The summed E-state index contributed by atoms with van der Waals surface area (Å²) in [5.41, 5.74) is 0.986. The van der Waals surface area contributed by atoms with E-state index in [4.69, 9.17) is 0 Å². The summed E-state index contributed by atoms with van der Waals surface area (Å²) < 4.78 is 27.1. The zero-order chi connectivity index (χ0) is 15.6. The summed E-state index contributed by atoms with van der Waals surface area (Å²) in [6, 6.07) is 7.11. The van der Waals surface area contributed by atoms with Gasteiger partial charge in [-0.1, -0.05) is 25.5 Å². The van der Waals surface area contributed by atoms with Crippen molar-refractivity contribution in [3.63, 3.8) is 0 Å². The molecule has 0 aromatic heterocycles. The number of hydrogen-bond acceptors (Lipinski definition) is 4. The van der Waals surface area contributed by atoms with E-state index in [1.165, 1.54) is 0 Å². The zero-order valence-electron chi connectivity index (χ0n) is 12.9. The number of rotatable bonds is 11. The molecule has 0 saturated carbocycles. The van der Waals surface area contributed by atoms with Gasteiger partial charge in [0.15, 0.2) is 0 Å². The third kappa shape index (κ3) is 7.31. The summed E-state index contributed by atoms with van der Waals surface area (Å²) in [4.78, 5) is 0.349. The molecule has 0 aliphatic heterocycles. The summed E-state index contributed by atoms with van der Waals surface area (Å²) in [6.07, 6.45) is 5.17. The van der Waals surface area contributed by atoms with E-state index in [0.29, 0.717) is 18.0 Å². The van der Waals surface area contributed by atoms with Crippen LogP contribution in [0.15, 0.2) is 29.2 Å². The standard InChI is InChI=1S/C15H26N2O2S2/c1-3-16-13-14-8-7-9-15(12-14)21(18,19)17-10-5-4-6-11-20-2/h7-9,12,16-17H,3-6,10-11,13H2,1-2H3. The summed E-state index contributed by atoms with van der Waals surface area (Å²) in [5, 5.41) is 3.20. The molecule has 6 heteroatoms. The van der Waals surface area contributed by atoms with Crippen LogP contribution in [0.5, 0.6) is 0 Å². The lowest BCUT2D eigenvalue weighted by molar-refractivity contribution is 0.576. The van der Waals surface area contributed by atoms with Gasteiger partial charge in [-0.15, -0.1) is 0 Å². The molecular weight excluding hydrogens is 304 g/mol. The summed E-state index contributed by atoms with van der Waals surface area (Å²) in [6.45, 7) is 4.09. The average molecular weight is 331 g/mol. The lowest BCUT2D eigenvalue weighted by Gasteiger charge is -2.09. The summed E-state index contributed by atoms with van der Waals surface area (Å²) >= 11 is 1.83. The molecule has 0 spiro atoms. The van der Waals surface area contributed by atoms with Gasteiger partial charge in [0.1, 0.15) is 0 Å². The SMILES string of the molecule is CCNCc1cccc(S(=O)(=O)NCCCCCSC)c1. The molecule has 0 bridgehead atoms. The Kier molecular flexibility index (Phi) is 8.99. The quantitative estimate of drug-likeness (QED) is 0.612. The van der Waals surface area contributed by atoms with Crippen molar-refractivity contribution in [2.75, 3.05) is 25.1 Å². The van der Waals surface area contributed by atoms with E-state index in [2.05, 4.69) is 16.3 Å². The first-order valence-corrected chi connectivity index (χ1v) is 10.3.